The molecule has 0 unspecified atom stereocenters. The highest BCUT2D eigenvalue weighted by atomic mass is 35.5. The normalized spacial score (nSPS) is 16.0. The maximum atomic E-state index is 11.9. The highest BCUT2D eigenvalue weighted by Gasteiger charge is 2.12. The molecular formula is C13H17ClN2OS. The van der Waals surface area contributed by atoms with Gasteiger partial charge in [-0.15, -0.1) is 12.4 Å². The third-order valence-electron chi connectivity index (χ3n) is 3.41. The molecule has 0 radical (unpaired) electrons. The summed E-state index contributed by atoms with van der Waals surface area (Å²) in [7, 11) is 0. The zero-order valence-corrected chi connectivity index (χ0v) is 11.8. The monoisotopic (exact) mass is 284 g/mol. The van der Waals surface area contributed by atoms with Crippen molar-refractivity contribution in [3.8, 4) is 0 Å². The summed E-state index contributed by atoms with van der Waals surface area (Å²) >= 11 is 1.35. The molecule has 0 amide bonds. The van der Waals surface area contributed by atoms with E-state index in [-0.39, 0.29) is 17.3 Å². The van der Waals surface area contributed by atoms with E-state index in [1.807, 2.05) is 28.8 Å². The van der Waals surface area contributed by atoms with Crippen molar-refractivity contribution in [3.63, 3.8) is 0 Å². The quantitative estimate of drug-likeness (QED) is 0.866. The summed E-state index contributed by atoms with van der Waals surface area (Å²) < 4.78 is 3.01. The third-order valence-corrected chi connectivity index (χ3v) is 4.37. The molecule has 98 valence electrons. The highest BCUT2D eigenvalue weighted by molar-refractivity contribution is 7.16. The first kappa shape index (κ1) is 13.6. The molecule has 1 fully saturated rings. The maximum absolute atomic E-state index is 11.9. The van der Waals surface area contributed by atoms with Crippen molar-refractivity contribution in [1.29, 1.82) is 0 Å². The molecule has 18 heavy (non-hydrogen) atoms. The molecule has 0 aliphatic carbocycles. The fraction of sp³-hybridized carbons (Fsp3) is 0.462. The van der Waals surface area contributed by atoms with E-state index in [2.05, 4.69) is 4.90 Å². The summed E-state index contributed by atoms with van der Waals surface area (Å²) in [4.78, 5) is 14.5. The van der Waals surface area contributed by atoms with Crippen LogP contribution in [0.5, 0.6) is 0 Å². The highest BCUT2D eigenvalue weighted by Crippen LogP contribution is 2.16. The number of hydrogen-bond donors (Lipinski definition) is 0. The van der Waals surface area contributed by atoms with Gasteiger partial charge < -0.3 is 4.90 Å². The molecule has 0 atom stereocenters. The average Bonchev–Trinajstić information content (AvgIpc) is 2.93. The number of likely N-dealkylation sites (tertiary alicyclic amines) is 1. The number of aromatic nitrogens is 1. The summed E-state index contributed by atoms with van der Waals surface area (Å²) in [6, 6.07) is 8.05. The molecule has 5 heteroatoms. The van der Waals surface area contributed by atoms with Crippen LogP contribution in [0.25, 0.3) is 10.2 Å². The first-order chi connectivity index (χ1) is 8.34. The zero-order chi connectivity index (χ0) is 11.7. The summed E-state index contributed by atoms with van der Waals surface area (Å²) in [5.74, 6) is 0. The van der Waals surface area contributed by atoms with Crippen LogP contribution in [0.15, 0.2) is 29.1 Å². The van der Waals surface area contributed by atoms with Gasteiger partial charge in [0.1, 0.15) is 0 Å². The Hall–Kier alpha value is -0.840. The third kappa shape index (κ3) is 2.60. The minimum atomic E-state index is 0. The standard InChI is InChI=1S/C13H16N2OS.ClH/c16-13-15(10-9-14-7-3-4-8-14)11-5-1-2-6-12(11)17-13;/h1-2,5-6H,3-4,7-10H2;1H. The van der Waals surface area contributed by atoms with Crippen molar-refractivity contribution in [3.05, 3.63) is 33.9 Å². The summed E-state index contributed by atoms with van der Waals surface area (Å²) in [6.45, 7) is 4.21. The number of nitrogens with zero attached hydrogens (tertiary/aromatic N) is 2. The first-order valence-corrected chi connectivity index (χ1v) is 6.97. The number of hydrogen-bond acceptors (Lipinski definition) is 3. The van der Waals surface area contributed by atoms with Gasteiger partial charge in [-0.1, -0.05) is 23.5 Å². The second-order valence-corrected chi connectivity index (χ2v) is 5.53. The van der Waals surface area contributed by atoms with Gasteiger partial charge in [0, 0.05) is 13.1 Å². The Bertz CT molecular complexity index is 572. The molecule has 2 heterocycles. The minimum Gasteiger partial charge on any atom is -0.302 e. The van der Waals surface area contributed by atoms with Gasteiger partial charge in [-0.25, -0.2) is 0 Å². The van der Waals surface area contributed by atoms with Gasteiger partial charge in [0.15, 0.2) is 0 Å². The molecule has 1 aliphatic rings. The summed E-state index contributed by atoms with van der Waals surface area (Å²) in [6.07, 6.45) is 2.61. The lowest BCUT2D eigenvalue weighted by atomic mass is 10.3. The minimum absolute atomic E-state index is 0. The predicted molar refractivity (Wildman–Crippen MR) is 79.0 cm³/mol. The van der Waals surface area contributed by atoms with Gasteiger partial charge >= 0.3 is 4.87 Å². The Labute approximate surface area is 116 Å². The van der Waals surface area contributed by atoms with Crippen LogP contribution in [0.2, 0.25) is 0 Å². The Morgan fingerprint density at radius 1 is 1.11 bits per heavy atom. The Balaban J connectivity index is 0.00000120. The van der Waals surface area contributed by atoms with E-state index >= 15 is 0 Å². The molecule has 0 N–H and O–H groups in total. The number of benzene rings is 1. The second kappa shape index (κ2) is 5.87. The van der Waals surface area contributed by atoms with E-state index in [4.69, 9.17) is 0 Å². The van der Waals surface area contributed by atoms with E-state index in [0.29, 0.717) is 0 Å². The zero-order valence-electron chi connectivity index (χ0n) is 10.2. The Kier molecular flexibility index (Phi) is 4.43. The van der Waals surface area contributed by atoms with Crippen molar-refractivity contribution in [2.45, 2.75) is 19.4 Å². The van der Waals surface area contributed by atoms with Crippen LogP contribution < -0.4 is 4.87 Å². The van der Waals surface area contributed by atoms with E-state index in [1.54, 1.807) is 0 Å². The molecule has 1 aromatic heterocycles. The van der Waals surface area contributed by atoms with Crippen LogP contribution in [0.3, 0.4) is 0 Å². The van der Waals surface area contributed by atoms with Crippen LogP contribution in [-0.4, -0.2) is 29.1 Å². The largest absolute Gasteiger partial charge is 0.308 e. The molecule has 1 aromatic carbocycles. The van der Waals surface area contributed by atoms with Crippen molar-refractivity contribution in [1.82, 2.24) is 9.47 Å². The van der Waals surface area contributed by atoms with Gasteiger partial charge in [-0.3, -0.25) is 9.36 Å². The smallest absolute Gasteiger partial charge is 0.302 e. The molecule has 0 saturated carbocycles. The molecule has 1 saturated heterocycles. The van der Waals surface area contributed by atoms with Crippen LogP contribution in [-0.2, 0) is 6.54 Å². The molecule has 1 aliphatic heterocycles. The van der Waals surface area contributed by atoms with E-state index in [1.165, 1.54) is 37.3 Å². The van der Waals surface area contributed by atoms with Crippen molar-refractivity contribution < 1.29 is 0 Å². The van der Waals surface area contributed by atoms with E-state index < -0.39 is 0 Å². The second-order valence-electron chi connectivity index (χ2n) is 4.54. The molecule has 0 bridgehead atoms. The van der Waals surface area contributed by atoms with E-state index in [9.17, 15) is 4.79 Å². The lowest BCUT2D eigenvalue weighted by Crippen LogP contribution is -2.26. The number of thiazole rings is 1. The van der Waals surface area contributed by atoms with Gasteiger partial charge in [-0.2, -0.15) is 0 Å². The number of halogens is 1. The molecule has 2 aromatic rings. The molecule has 3 nitrogen and oxygen atoms in total. The van der Waals surface area contributed by atoms with Gasteiger partial charge in [0.05, 0.1) is 10.2 Å². The fourth-order valence-electron chi connectivity index (χ4n) is 2.47. The lowest BCUT2D eigenvalue weighted by molar-refractivity contribution is 0.323. The summed E-state index contributed by atoms with van der Waals surface area (Å²) in [5, 5.41) is 0. The fourth-order valence-corrected chi connectivity index (χ4v) is 3.39. The maximum Gasteiger partial charge on any atom is 0.308 e. The topological polar surface area (TPSA) is 25.2 Å². The van der Waals surface area contributed by atoms with Gasteiger partial charge in [0.25, 0.3) is 0 Å². The molecular weight excluding hydrogens is 268 g/mol. The average molecular weight is 285 g/mol. The first-order valence-electron chi connectivity index (χ1n) is 6.15. The van der Waals surface area contributed by atoms with E-state index in [0.717, 1.165) is 23.3 Å². The molecule has 0 spiro atoms. The van der Waals surface area contributed by atoms with Crippen molar-refractivity contribution >= 4 is 34.0 Å². The van der Waals surface area contributed by atoms with Crippen LogP contribution in [0, 0.1) is 0 Å². The SMILES string of the molecule is Cl.O=c1sc2ccccc2n1CCN1CCCC1. The van der Waals surface area contributed by atoms with Crippen molar-refractivity contribution in [2.75, 3.05) is 19.6 Å². The Morgan fingerprint density at radius 2 is 1.83 bits per heavy atom. The number of rotatable bonds is 3. The molecule has 3 rings (SSSR count). The van der Waals surface area contributed by atoms with Gasteiger partial charge in [0.2, 0.25) is 0 Å². The Morgan fingerprint density at radius 3 is 2.61 bits per heavy atom. The van der Waals surface area contributed by atoms with Crippen molar-refractivity contribution in [2.24, 2.45) is 0 Å². The lowest BCUT2D eigenvalue weighted by Gasteiger charge is -2.14. The van der Waals surface area contributed by atoms with Gasteiger partial charge in [-0.05, 0) is 38.1 Å². The van der Waals surface area contributed by atoms with Crippen LogP contribution in [0.1, 0.15) is 12.8 Å². The van der Waals surface area contributed by atoms with Crippen LogP contribution in [0.4, 0.5) is 0 Å². The predicted octanol–water partition coefficient (Wildman–Crippen LogP) is 2.58. The van der Waals surface area contributed by atoms with Crippen LogP contribution >= 0.6 is 23.7 Å². The summed E-state index contributed by atoms with van der Waals surface area (Å²) in [5.41, 5.74) is 1.08. The number of para-hydroxylation sites is 1. The number of fused-ring (bicyclic) bond motifs is 1.